The van der Waals surface area contributed by atoms with Crippen molar-refractivity contribution in [3.8, 4) is 0 Å². The number of benzene rings is 1. The molecule has 2 rings (SSSR count). The molecule has 1 aromatic carbocycles. The molecule has 2 atom stereocenters. The van der Waals surface area contributed by atoms with Gasteiger partial charge in [0.05, 0.1) is 19.8 Å². The summed E-state index contributed by atoms with van der Waals surface area (Å²) >= 11 is 0. The molecule has 1 N–H and O–H groups in total. The summed E-state index contributed by atoms with van der Waals surface area (Å²) in [6.45, 7) is 0.430. The Kier molecular flexibility index (Phi) is 4.29. The van der Waals surface area contributed by atoms with Crippen molar-refractivity contribution < 1.29 is 19.4 Å². The fraction of sp³-hybridized carbons (Fsp3) is 0.429. The van der Waals surface area contributed by atoms with E-state index in [-0.39, 0.29) is 12.3 Å². The molecule has 0 aromatic heterocycles. The molecule has 1 aliphatic rings. The Morgan fingerprint density at radius 1 is 1.37 bits per heavy atom. The average Bonchev–Trinajstić information content (AvgIpc) is 2.79. The van der Waals surface area contributed by atoms with Gasteiger partial charge in [-0.05, 0) is 0 Å². The first-order valence-electron chi connectivity index (χ1n) is 6.20. The van der Waals surface area contributed by atoms with Crippen molar-refractivity contribution >= 4 is 11.8 Å². The zero-order chi connectivity index (χ0) is 13.8. The molecule has 5 nitrogen and oxygen atoms in total. The molecule has 5 heteroatoms. The largest absolute Gasteiger partial charge is 0.468 e. The van der Waals surface area contributed by atoms with Gasteiger partial charge in [0.1, 0.15) is 6.04 Å². The molecule has 0 amide bonds. The van der Waals surface area contributed by atoms with Gasteiger partial charge in [0, 0.05) is 18.5 Å². The molecule has 0 spiro atoms. The Balaban J connectivity index is 2.05. The minimum atomic E-state index is -0.590. The van der Waals surface area contributed by atoms with Crippen LogP contribution in [0.3, 0.4) is 0 Å². The Hall–Kier alpha value is -1.72. The van der Waals surface area contributed by atoms with Crippen LogP contribution in [0.25, 0.3) is 0 Å². The molecule has 1 saturated heterocycles. The van der Waals surface area contributed by atoms with Gasteiger partial charge in [0.2, 0.25) is 0 Å². The lowest BCUT2D eigenvalue weighted by molar-refractivity contribution is -0.145. The van der Waals surface area contributed by atoms with Crippen molar-refractivity contribution in [1.29, 1.82) is 0 Å². The van der Waals surface area contributed by atoms with Gasteiger partial charge in [-0.25, -0.2) is 0 Å². The van der Waals surface area contributed by atoms with Crippen LogP contribution in [0.15, 0.2) is 30.3 Å². The van der Waals surface area contributed by atoms with Gasteiger partial charge < -0.3 is 9.84 Å². The fourth-order valence-corrected chi connectivity index (χ4v) is 2.34. The second kappa shape index (κ2) is 5.95. The number of esters is 1. The molecule has 1 aliphatic heterocycles. The Morgan fingerprint density at radius 2 is 2.05 bits per heavy atom. The third kappa shape index (κ3) is 3.19. The number of methoxy groups -OCH3 is 1. The predicted molar refractivity (Wildman–Crippen MR) is 68.8 cm³/mol. The first kappa shape index (κ1) is 13.7. The number of Topliss-reactive ketones (excluding diaryl/α,β-unsaturated/α-hetero) is 1. The van der Waals surface area contributed by atoms with Crippen LogP contribution in [0.4, 0.5) is 0 Å². The van der Waals surface area contributed by atoms with E-state index in [1.54, 1.807) is 29.2 Å². The zero-order valence-corrected chi connectivity index (χ0v) is 10.8. The Labute approximate surface area is 111 Å². The van der Waals surface area contributed by atoms with Crippen molar-refractivity contribution in [2.75, 3.05) is 20.2 Å². The molecular formula is C14H17NO4. The van der Waals surface area contributed by atoms with Crippen LogP contribution in [0.5, 0.6) is 0 Å². The molecule has 1 aromatic rings. The van der Waals surface area contributed by atoms with Gasteiger partial charge in [0.15, 0.2) is 5.78 Å². The summed E-state index contributed by atoms with van der Waals surface area (Å²) in [7, 11) is 1.31. The van der Waals surface area contributed by atoms with Crippen molar-refractivity contribution in [2.24, 2.45) is 0 Å². The molecule has 1 heterocycles. The van der Waals surface area contributed by atoms with Gasteiger partial charge in [0.25, 0.3) is 0 Å². The van der Waals surface area contributed by atoms with Crippen LogP contribution >= 0.6 is 0 Å². The Morgan fingerprint density at radius 3 is 2.68 bits per heavy atom. The van der Waals surface area contributed by atoms with E-state index in [1.165, 1.54) is 7.11 Å². The topological polar surface area (TPSA) is 66.8 Å². The van der Waals surface area contributed by atoms with Crippen LogP contribution in [-0.4, -0.2) is 54.1 Å². The van der Waals surface area contributed by atoms with Crippen LogP contribution in [-0.2, 0) is 9.53 Å². The number of nitrogens with zero attached hydrogens (tertiary/aromatic N) is 1. The molecule has 0 bridgehead atoms. The summed E-state index contributed by atoms with van der Waals surface area (Å²) in [6.07, 6.45) is -0.276. The second-order valence-electron chi connectivity index (χ2n) is 4.65. The molecule has 1 fully saturated rings. The summed E-state index contributed by atoms with van der Waals surface area (Å²) in [5.41, 5.74) is 0.604. The van der Waals surface area contributed by atoms with E-state index in [0.717, 1.165) is 0 Å². The molecule has 19 heavy (non-hydrogen) atoms. The number of β-amino-alcohol motifs (C(OH)–C–C–N with tert-alkyl or cyclic N) is 1. The molecule has 0 radical (unpaired) electrons. The fourth-order valence-electron chi connectivity index (χ4n) is 2.34. The predicted octanol–water partition coefficient (Wildman–Crippen LogP) is 0.477. The zero-order valence-electron chi connectivity index (χ0n) is 10.8. The van der Waals surface area contributed by atoms with Crippen LogP contribution in [0.2, 0.25) is 0 Å². The van der Waals surface area contributed by atoms with Gasteiger partial charge >= 0.3 is 5.97 Å². The van der Waals surface area contributed by atoms with E-state index in [0.29, 0.717) is 18.5 Å². The number of aliphatic hydroxyl groups excluding tert-OH is 1. The summed E-state index contributed by atoms with van der Waals surface area (Å²) in [6, 6.07) is 8.37. The maximum Gasteiger partial charge on any atom is 0.323 e. The maximum atomic E-state index is 12.1. The highest BCUT2D eigenvalue weighted by Gasteiger charge is 2.37. The van der Waals surface area contributed by atoms with E-state index in [1.807, 2.05) is 6.07 Å². The number of hydrogen-bond acceptors (Lipinski definition) is 5. The molecule has 0 aliphatic carbocycles. The van der Waals surface area contributed by atoms with Gasteiger partial charge in [-0.15, -0.1) is 0 Å². The standard InChI is InChI=1S/C14H17NO4/c1-19-14(18)12-7-11(16)8-15(12)9-13(17)10-5-3-2-4-6-10/h2-6,11-12,16H,7-9H2,1H3/t11-,12+/m1/s1. The summed E-state index contributed by atoms with van der Waals surface area (Å²) < 4.78 is 4.70. The lowest BCUT2D eigenvalue weighted by atomic mass is 10.1. The van der Waals surface area contributed by atoms with Crippen LogP contribution < -0.4 is 0 Å². The van der Waals surface area contributed by atoms with E-state index in [4.69, 9.17) is 4.74 Å². The number of carbonyl (C=O) groups is 2. The lowest BCUT2D eigenvalue weighted by Gasteiger charge is -2.20. The van der Waals surface area contributed by atoms with Crippen molar-refractivity contribution in [2.45, 2.75) is 18.6 Å². The number of aliphatic hydroxyl groups is 1. The SMILES string of the molecule is COC(=O)[C@@H]1C[C@@H](O)CN1CC(=O)c1ccccc1. The molecule has 0 saturated carbocycles. The highest BCUT2D eigenvalue weighted by Crippen LogP contribution is 2.19. The minimum absolute atomic E-state index is 0.0661. The minimum Gasteiger partial charge on any atom is -0.468 e. The summed E-state index contributed by atoms with van der Waals surface area (Å²) in [5.74, 6) is -0.471. The lowest BCUT2D eigenvalue weighted by Crippen LogP contribution is -2.40. The van der Waals surface area contributed by atoms with Crippen molar-refractivity contribution in [3.05, 3.63) is 35.9 Å². The molecule has 102 valence electrons. The van der Waals surface area contributed by atoms with Crippen molar-refractivity contribution in [3.63, 3.8) is 0 Å². The highest BCUT2D eigenvalue weighted by atomic mass is 16.5. The van der Waals surface area contributed by atoms with E-state index >= 15 is 0 Å². The number of ether oxygens (including phenoxy) is 1. The average molecular weight is 263 g/mol. The summed E-state index contributed by atoms with van der Waals surface area (Å²) in [5, 5.41) is 9.64. The quantitative estimate of drug-likeness (QED) is 0.632. The number of ketones is 1. The first-order valence-corrected chi connectivity index (χ1v) is 6.20. The van der Waals surface area contributed by atoms with E-state index < -0.39 is 18.1 Å². The highest BCUT2D eigenvalue weighted by molar-refractivity contribution is 5.97. The maximum absolute atomic E-state index is 12.1. The van der Waals surface area contributed by atoms with Crippen LogP contribution in [0, 0.1) is 0 Å². The van der Waals surface area contributed by atoms with Gasteiger partial charge in [-0.2, -0.15) is 0 Å². The van der Waals surface area contributed by atoms with E-state index in [9.17, 15) is 14.7 Å². The number of likely N-dealkylation sites (tertiary alicyclic amines) is 1. The molecular weight excluding hydrogens is 246 g/mol. The number of carbonyl (C=O) groups excluding carboxylic acids is 2. The number of rotatable bonds is 4. The van der Waals surface area contributed by atoms with E-state index in [2.05, 4.69) is 0 Å². The third-order valence-corrected chi connectivity index (χ3v) is 3.30. The third-order valence-electron chi connectivity index (χ3n) is 3.30. The van der Waals surface area contributed by atoms with Gasteiger partial charge in [-0.3, -0.25) is 14.5 Å². The van der Waals surface area contributed by atoms with Crippen LogP contribution in [0.1, 0.15) is 16.8 Å². The van der Waals surface area contributed by atoms with Crippen molar-refractivity contribution in [1.82, 2.24) is 4.90 Å². The first-order chi connectivity index (χ1) is 9.11. The summed E-state index contributed by atoms with van der Waals surface area (Å²) in [4.78, 5) is 25.4. The van der Waals surface area contributed by atoms with Gasteiger partial charge in [-0.1, -0.05) is 30.3 Å². The number of hydrogen-bond donors (Lipinski definition) is 1. The Bertz CT molecular complexity index is 460. The smallest absolute Gasteiger partial charge is 0.323 e. The normalized spacial score (nSPS) is 23.3. The second-order valence-corrected chi connectivity index (χ2v) is 4.65. The monoisotopic (exact) mass is 263 g/mol. The molecule has 0 unspecified atom stereocenters.